The van der Waals surface area contributed by atoms with Crippen LogP contribution < -0.4 is 9.47 Å². The first-order valence-corrected chi connectivity index (χ1v) is 9.23. The largest absolute Gasteiger partial charge is 0.495 e. The third kappa shape index (κ3) is 4.80. The Morgan fingerprint density at radius 1 is 0.633 bits per heavy atom. The molecule has 0 aliphatic carbocycles. The topological polar surface area (TPSA) is 18.5 Å². The predicted molar refractivity (Wildman–Crippen MR) is 114 cm³/mol. The van der Waals surface area contributed by atoms with Gasteiger partial charge in [0.25, 0.3) is 0 Å². The Morgan fingerprint density at radius 2 is 1.10 bits per heavy atom. The Morgan fingerprint density at radius 3 is 1.60 bits per heavy atom. The van der Waals surface area contributed by atoms with Gasteiger partial charge >= 0.3 is 0 Å². The van der Waals surface area contributed by atoms with Gasteiger partial charge in [-0.1, -0.05) is 41.4 Å². The van der Waals surface area contributed by atoms with Crippen LogP contribution in [0.5, 0.6) is 11.5 Å². The van der Waals surface area contributed by atoms with E-state index >= 15 is 0 Å². The van der Waals surface area contributed by atoms with E-state index in [9.17, 15) is 8.78 Å². The highest BCUT2D eigenvalue weighted by Crippen LogP contribution is 2.29. The lowest BCUT2D eigenvalue weighted by molar-refractivity contribution is 0.392. The summed E-state index contributed by atoms with van der Waals surface area (Å²) in [6.07, 6.45) is 0. The van der Waals surface area contributed by atoms with E-state index in [1.165, 1.54) is 33.3 Å². The van der Waals surface area contributed by atoms with Crippen molar-refractivity contribution in [2.24, 2.45) is 0 Å². The Labute approximate surface area is 175 Å². The highest BCUT2D eigenvalue weighted by atomic mass is 19.1. The summed E-state index contributed by atoms with van der Waals surface area (Å²) in [6.45, 7) is 3.40. The second-order valence-corrected chi connectivity index (χ2v) is 6.69. The van der Waals surface area contributed by atoms with Crippen molar-refractivity contribution in [2.75, 3.05) is 14.2 Å². The minimum atomic E-state index is -0.629. The van der Waals surface area contributed by atoms with E-state index in [0.717, 1.165) is 11.1 Å². The molecule has 0 fully saturated rings. The van der Waals surface area contributed by atoms with Crippen molar-refractivity contribution in [3.05, 3.63) is 93.5 Å². The first kappa shape index (κ1) is 21.0. The molecule has 4 heteroatoms. The Kier molecular flexibility index (Phi) is 6.40. The summed E-state index contributed by atoms with van der Waals surface area (Å²) < 4.78 is 38.4. The molecule has 0 N–H and O–H groups in total. The number of aryl methyl sites for hydroxylation is 1. The summed E-state index contributed by atoms with van der Waals surface area (Å²) in [5.74, 6) is 11.6. The second-order valence-electron chi connectivity index (χ2n) is 6.69. The monoisotopic (exact) mass is 402 g/mol. The van der Waals surface area contributed by atoms with Gasteiger partial charge in [0.15, 0.2) is 0 Å². The molecule has 0 aliphatic heterocycles. The number of rotatable bonds is 2. The molecule has 0 radical (unpaired) electrons. The molecule has 0 bridgehead atoms. The van der Waals surface area contributed by atoms with Crippen molar-refractivity contribution >= 4 is 0 Å². The van der Waals surface area contributed by atoms with Gasteiger partial charge < -0.3 is 9.47 Å². The zero-order valence-corrected chi connectivity index (χ0v) is 17.2. The van der Waals surface area contributed by atoms with Crippen LogP contribution in [-0.4, -0.2) is 14.2 Å². The average molecular weight is 402 g/mol. The third-order valence-electron chi connectivity index (χ3n) is 4.52. The summed E-state index contributed by atoms with van der Waals surface area (Å²) in [5, 5.41) is 0. The van der Waals surface area contributed by atoms with Crippen LogP contribution in [0.1, 0.15) is 33.4 Å². The zero-order chi connectivity index (χ0) is 21.7. The molecule has 3 rings (SSSR count). The van der Waals surface area contributed by atoms with E-state index in [-0.39, 0.29) is 11.1 Å². The van der Waals surface area contributed by atoms with Crippen LogP contribution in [0.3, 0.4) is 0 Å². The maximum Gasteiger partial charge on any atom is 0.139 e. The van der Waals surface area contributed by atoms with E-state index in [0.29, 0.717) is 22.6 Å². The fourth-order valence-electron chi connectivity index (χ4n) is 2.74. The van der Waals surface area contributed by atoms with Gasteiger partial charge in [-0.2, -0.15) is 0 Å². The standard InChI is InChI=1S/C26H20F2O2/c1-17-5-7-19(8-6-17)11-12-22-25(29-3)15-21(16-26(22)30-4)10-9-20-13-23(27)18(2)24(28)14-20/h5-8,13-16H,1-4H3. The molecule has 0 spiro atoms. The van der Waals surface area contributed by atoms with Crippen LogP contribution in [0.25, 0.3) is 0 Å². The Balaban J connectivity index is 1.99. The van der Waals surface area contributed by atoms with Gasteiger partial charge in [0.05, 0.1) is 14.2 Å². The van der Waals surface area contributed by atoms with E-state index in [2.05, 4.69) is 23.7 Å². The Bertz CT molecular complexity index is 1160. The summed E-state index contributed by atoms with van der Waals surface area (Å²) in [4.78, 5) is 0. The number of hydrogen-bond donors (Lipinski definition) is 0. The summed E-state index contributed by atoms with van der Waals surface area (Å²) in [6, 6.07) is 13.7. The van der Waals surface area contributed by atoms with Gasteiger partial charge in [0.1, 0.15) is 28.7 Å². The zero-order valence-electron chi connectivity index (χ0n) is 17.2. The van der Waals surface area contributed by atoms with Crippen molar-refractivity contribution < 1.29 is 18.3 Å². The van der Waals surface area contributed by atoms with Crippen molar-refractivity contribution in [1.82, 2.24) is 0 Å². The number of ether oxygens (including phenoxy) is 2. The lowest BCUT2D eigenvalue weighted by atomic mass is 10.1. The molecule has 150 valence electrons. The van der Waals surface area contributed by atoms with Gasteiger partial charge in [-0.15, -0.1) is 0 Å². The first-order valence-electron chi connectivity index (χ1n) is 9.23. The van der Waals surface area contributed by atoms with Crippen LogP contribution in [-0.2, 0) is 0 Å². The molecule has 3 aromatic rings. The molecule has 0 saturated heterocycles. The van der Waals surface area contributed by atoms with Crippen LogP contribution in [0.2, 0.25) is 0 Å². The minimum Gasteiger partial charge on any atom is -0.495 e. The van der Waals surface area contributed by atoms with Gasteiger partial charge in [-0.3, -0.25) is 0 Å². The molecule has 30 heavy (non-hydrogen) atoms. The minimum absolute atomic E-state index is 0.0274. The van der Waals surface area contributed by atoms with Crippen LogP contribution >= 0.6 is 0 Å². The lowest BCUT2D eigenvalue weighted by Crippen LogP contribution is -1.95. The van der Waals surface area contributed by atoms with Gasteiger partial charge in [-0.05, 0) is 50.2 Å². The van der Waals surface area contributed by atoms with Crippen LogP contribution in [0, 0.1) is 49.2 Å². The average Bonchev–Trinajstić information content (AvgIpc) is 2.75. The molecule has 0 heterocycles. The van der Waals surface area contributed by atoms with Crippen molar-refractivity contribution in [1.29, 1.82) is 0 Å². The molecule has 3 aromatic carbocycles. The van der Waals surface area contributed by atoms with Crippen LogP contribution in [0.15, 0.2) is 48.5 Å². The van der Waals surface area contributed by atoms with Crippen LogP contribution in [0.4, 0.5) is 8.78 Å². The summed E-state index contributed by atoms with van der Waals surface area (Å²) >= 11 is 0. The lowest BCUT2D eigenvalue weighted by Gasteiger charge is -2.09. The highest BCUT2D eigenvalue weighted by molar-refractivity contribution is 5.61. The van der Waals surface area contributed by atoms with Crippen molar-refractivity contribution in [2.45, 2.75) is 13.8 Å². The number of benzene rings is 3. The molecule has 0 saturated carbocycles. The molecular weight excluding hydrogens is 382 g/mol. The normalized spacial score (nSPS) is 9.80. The summed E-state index contributed by atoms with van der Waals surface area (Å²) in [5.41, 5.74) is 3.42. The molecule has 0 atom stereocenters. The summed E-state index contributed by atoms with van der Waals surface area (Å²) in [7, 11) is 3.07. The molecular formula is C26H20F2O2. The maximum atomic E-state index is 13.7. The van der Waals surface area contributed by atoms with Crippen molar-refractivity contribution in [3.8, 4) is 35.2 Å². The van der Waals surface area contributed by atoms with E-state index in [4.69, 9.17) is 9.47 Å². The van der Waals surface area contributed by atoms with Gasteiger partial charge in [-0.25, -0.2) is 8.78 Å². The SMILES string of the molecule is COc1cc(C#Cc2cc(F)c(C)c(F)c2)cc(OC)c1C#Cc1ccc(C)cc1. The van der Waals surface area contributed by atoms with E-state index in [1.54, 1.807) is 12.1 Å². The Hall–Kier alpha value is -3.76. The second kappa shape index (κ2) is 9.16. The molecule has 0 aliphatic rings. The first-order chi connectivity index (χ1) is 14.4. The molecule has 0 aromatic heterocycles. The third-order valence-corrected chi connectivity index (χ3v) is 4.52. The number of methoxy groups -OCH3 is 2. The smallest absolute Gasteiger partial charge is 0.139 e. The highest BCUT2D eigenvalue weighted by Gasteiger charge is 2.10. The molecule has 0 amide bonds. The van der Waals surface area contributed by atoms with Gasteiger partial charge in [0, 0.05) is 22.3 Å². The quantitative estimate of drug-likeness (QED) is 0.535. The molecule has 2 nitrogen and oxygen atoms in total. The van der Waals surface area contributed by atoms with E-state index in [1.807, 2.05) is 31.2 Å². The van der Waals surface area contributed by atoms with Gasteiger partial charge in [0.2, 0.25) is 0 Å². The van der Waals surface area contributed by atoms with E-state index < -0.39 is 11.6 Å². The predicted octanol–water partition coefficient (Wildman–Crippen LogP) is 5.40. The number of halogens is 2. The number of hydrogen-bond acceptors (Lipinski definition) is 2. The fourth-order valence-corrected chi connectivity index (χ4v) is 2.74. The fraction of sp³-hybridized carbons (Fsp3) is 0.154. The van der Waals surface area contributed by atoms with Crippen molar-refractivity contribution in [3.63, 3.8) is 0 Å². The maximum absolute atomic E-state index is 13.7. The molecule has 0 unspecified atom stereocenters.